The van der Waals surface area contributed by atoms with E-state index in [0.29, 0.717) is 6.42 Å². The zero-order valence-electron chi connectivity index (χ0n) is 6.66. The van der Waals surface area contributed by atoms with Crippen LogP contribution in [-0.2, 0) is 14.3 Å². The van der Waals surface area contributed by atoms with E-state index in [4.69, 9.17) is 5.11 Å². The van der Waals surface area contributed by atoms with Gasteiger partial charge in [-0.3, -0.25) is 4.79 Å². The van der Waals surface area contributed by atoms with Gasteiger partial charge in [0.1, 0.15) is 6.10 Å². The second-order valence-corrected chi connectivity index (χ2v) is 2.22. The summed E-state index contributed by atoms with van der Waals surface area (Å²) in [5.74, 6) is -1.47. The van der Waals surface area contributed by atoms with Gasteiger partial charge in [0.2, 0.25) is 0 Å². The van der Waals surface area contributed by atoms with Gasteiger partial charge in [0, 0.05) is 6.42 Å². The molecule has 0 aromatic carbocycles. The van der Waals surface area contributed by atoms with Crippen LogP contribution < -0.4 is 0 Å². The predicted octanol–water partition coefficient (Wildman–Crippen LogP) is 0.237. The minimum atomic E-state index is -1.23. The Hall–Kier alpha value is -0.900. The number of rotatable bonds is 3. The lowest BCUT2D eigenvalue weighted by molar-refractivity contribution is -0.165. The van der Waals surface area contributed by atoms with Crippen LogP contribution >= 0.6 is 0 Å². The molecule has 0 amide bonds. The van der Waals surface area contributed by atoms with Crippen molar-refractivity contribution in [3.8, 4) is 0 Å². The number of hydrogen-bond donors (Lipinski definition) is 1. The molecule has 0 saturated carbocycles. The minimum absolute atomic E-state index is 0.207. The highest BCUT2D eigenvalue weighted by molar-refractivity contribution is 5.87. The third-order valence-electron chi connectivity index (χ3n) is 1.01. The molecular formula is C7H12O4. The first-order chi connectivity index (χ1) is 5.07. The van der Waals surface area contributed by atoms with E-state index in [1.54, 1.807) is 6.92 Å². The standard InChI is InChI=1S/C7H12O4/c1-3-4-6(9)11-7(10)5(2)8/h5,8H,3-4H2,1-2H3. The van der Waals surface area contributed by atoms with Crippen LogP contribution in [-0.4, -0.2) is 23.1 Å². The number of aliphatic hydroxyl groups is 1. The van der Waals surface area contributed by atoms with Crippen molar-refractivity contribution < 1.29 is 19.4 Å². The van der Waals surface area contributed by atoms with Gasteiger partial charge in [-0.15, -0.1) is 0 Å². The van der Waals surface area contributed by atoms with Gasteiger partial charge in [0.15, 0.2) is 0 Å². The van der Waals surface area contributed by atoms with E-state index >= 15 is 0 Å². The van der Waals surface area contributed by atoms with E-state index in [0.717, 1.165) is 0 Å². The lowest BCUT2D eigenvalue weighted by Gasteiger charge is -2.02. The van der Waals surface area contributed by atoms with Gasteiger partial charge < -0.3 is 9.84 Å². The van der Waals surface area contributed by atoms with Crippen molar-refractivity contribution in [1.82, 2.24) is 0 Å². The largest absolute Gasteiger partial charge is 0.391 e. The third kappa shape index (κ3) is 4.50. The highest BCUT2D eigenvalue weighted by atomic mass is 16.6. The second-order valence-electron chi connectivity index (χ2n) is 2.22. The fourth-order valence-electron chi connectivity index (χ4n) is 0.453. The number of ether oxygens (including phenoxy) is 1. The summed E-state index contributed by atoms with van der Waals surface area (Å²) in [6, 6.07) is 0. The first-order valence-corrected chi connectivity index (χ1v) is 3.50. The van der Waals surface area contributed by atoms with Gasteiger partial charge in [-0.05, 0) is 13.3 Å². The summed E-state index contributed by atoms with van der Waals surface area (Å²) >= 11 is 0. The van der Waals surface area contributed by atoms with E-state index < -0.39 is 18.0 Å². The normalized spacial score (nSPS) is 12.3. The third-order valence-corrected chi connectivity index (χ3v) is 1.01. The van der Waals surface area contributed by atoms with Gasteiger partial charge >= 0.3 is 11.9 Å². The second kappa shape index (κ2) is 4.85. The van der Waals surface area contributed by atoms with Crippen molar-refractivity contribution in [2.24, 2.45) is 0 Å². The molecule has 11 heavy (non-hydrogen) atoms. The number of carbonyl (C=O) groups excluding carboxylic acids is 2. The van der Waals surface area contributed by atoms with E-state index in [2.05, 4.69) is 4.74 Å². The molecule has 1 unspecified atom stereocenters. The Morgan fingerprint density at radius 3 is 2.45 bits per heavy atom. The topological polar surface area (TPSA) is 63.6 Å². The Balaban J connectivity index is 3.67. The number of carbonyl (C=O) groups is 2. The highest BCUT2D eigenvalue weighted by Gasteiger charge is 2.14. The number of hydrogen-bond acceptors (Lipinski definition) is 4. The summed E-state index contributed by atoms with van der Waals surface area (Å²) in [5, 5.41) is 8.61. The lowest BCUT2D eigenvalue weighted by Crippen LogP contribution is -2.22. The molecule has 0 fully saturated rings. The summed E-state index contributed by atoms with van der Waals surface area (Å²) < 4.78 is 4.22. The molecule has 4 heteroatoms. The Morgan fingerprint density at radius 1 is 1.55 bits per heavy atom. The molecule has 0 aromatic heterocycles. The molecule has 0 radical (unpaired) electrons. The maximum absolute atomic E-state index is 10.6. The Bertz CT molecular complexity index is 151. The van der Waals surface area contributed by atoms with Crippen molar-refractivity contribution in [1.29, 1.82) is 0 Å². The van der Waals surface area contributed by atoms with Crippen molar-refractivity contribution in [3.05, 3.63) is 0 Å². The molecular weight excluding hydrogens is 148 g/mol. The summed E-state index contributed by atoms with van der Waals surface area (Å²) in [7, 11) is 0. The molecule has 0 spiro atoms. The van der Waals surface area contributed by atoms with Crippen LogP contribution in [0.3, 0.4) is 0 Å². The first kappa shape index (κ1) is 10.1. The Morgan fingerprint density at radius 2 is 2.09 bits per heavy atom. The van der Waals surface area contributed by atoms with Crippen LogP contribution in [0.2, 0.25) is 0 Å². The SMILES string of the molecule is CCCC(=O)OC(=O)C(C)O. The molecule has 64 valence electrons. The Labute approximate surface area is 65.2 Å². The van der Waals surface area contributed by atoms with Gasteiger partial charge in [-0.1, -0.05) is 6.92 Å². The molecule has 0 aliphatic carbocycles. The van der Waals surface area contributed by atoms with Crippen LogP contribution in [0.4, 0.5) is 0 Å². The van der Waals surface area contributed by atoms with Crippen LogP contribution in [0, 0.1) is 0 Å². The highest BCUT2D eigenvalue weighted by Crippen LogP contribution is 1.94. The van der Waals surface area contributed by atoms with Crippen LogP contribution in [0.25, 0.3) is 0 Å². The minimum Gasteiger partial charge on any atom is -0.391 e. The maximum Gasteiger partial charge on any atom is 0.342 e. The van der Waals surface area contributed by atoms with E-state index in [-0.39, 0.29) is 6.42 Å². The molecule has 0 aliphatic heterocycles. The van der Waals surface area contributed by atoms with Gasteiger partial charge in [0.05, 0.1) is 0 Å². The summed E-state index contributed by atoms with van der Waals surface area (Å²) in [6.45, 7) is 3.05. The van der Waals surface area contributed by atoms with Crippen molar-refractivity contribution in [2.75, 3.05) is 0 Å². The molecule has 0 bridgehead atoms. The first-order valence-electron chi connectivity index (χ1n) is 3.50. The Kier molecular flexibility index (Phi) is 4.45. The van der Waals surface area contributed by atoms with Crippen LogP contribution in [0.15, 0.2) is 0 Å². The molecule has 1 N–H and O–H groups in total. The molecule has 0 aliphatic rings. The number of aliphatic hydroxyl groups excluding tert-OH is 1. The van der Waals surface area contributed by atoms with Gasteiger partial charge in [-0.2, -0.15) is 0 Å². The zero-order chi connectivity index (χ0) is 8.85. The smallest absolute Gasteiger partial charge is 0.342 e. The summed E-state index contributed by atoms with van der Waals surface area (Å²) in [4.78, 5) is 21.1. The van der Waals surface area contributed by atoms with Crippen LogP contribution in [0.1, 0.15) is 26.7 Å². The average Bonchev–Trinajstić information content (AvgIpc) is 1.87. The molecule has 0 saturated heterocycles. The van der Waals surface area contributed by atoms with E-state index in [9.17, 15) is 9.59 Å². The molecule has 0 rings (SSSR count). The predicted molar refractivity (Wildman–Crippen MR) is 37.7 cm³/mol. The quantitative estimate of drug-likeness (QED) is 0.474. The zero-order valence-corrected chi connectivity index (χ0v) is 6.66. The van der Waals surface area contributed by atoms with E-state index in [1.807, 2.05) is 0 Å². The van der Waals surface area contributed by atoms with Gasteiger partial charge in [-0.25, -0.2) is 4.79 Å². The summed E-state index contributed by atoms with van der Waals surface area (Å²) in [6.07, 6.45) is -0.388. The van der Waals surface area contributed by atoms with Crippen molar-refractivity contribution in [3.63, 3.8) is 0 Å². The van der Waals surface area contributed by atoms with Crippen LogP contribution in [0.5, 0.6) is 0 Å². The molecule has 4 nitrogen and oxygen atoms in total. The fourth-order valence-corrected chi connectivity index (χ4v) is 0.453. The average molecular weight is 160 g/mol. The molecule has 1 atom stereocenters. The van der Waals surface area contributed by atoms with Gasteiger partial charge in [0.25, 0.3) is 0 Å². The van der Waals surface area contributed by atoms with E-state index in [1.165, 1.54) is 6.92 Å². The lowest BCUT2D eigenvalue weighted by atomic mass is 10.3. The molecule has 0 heterocycles. The molecule has 0 aromatic rings. The number of esters is 2. The van der Waals surface area contributed by atoms with Crippen molar-refractivity contribution in [2.45, 2.75) is 32.8 Å². The maximum atomic E-state index is 10.6. The van der Waals surface area contributed by atoms with Crippen molar-refractivity contribution >= 4 is 11.9 Å². The summed E-state index contributed by atoms with van der Waals surface area (Å²) in [5.41, 5.74) is 0. The monoisotopic (exact) mass is 160 g/mol. The fraction of sp³-hybridized carbons (Fsp3) is 0.714.